The number of anilines is 3. The Labute approximate surface area is 169 Å². The Bertz CT molecular complexity index is 1110. The van der Waals surface area contributed by atoms with Crippen LogP contribution in [0.5, 0.6) is 0 Å². The van der Waals surface area contributed by atoms with Crippen LogP contribution in [0.4, 0.5) is 17.3 Å². The second kappa shape index (κ2) is 8.35. The molecule has 0 aliphatic rings. The van der Waals surface area contributed by atoms with Gasteiger partial charge < -0.3 is 10.6 Å². The molecule has 0 atom stereocenters. The topological polar surface area (TPSA) is 66.9 Å². The second-order valence-corrected chi connectivity index (χ2v) is 6.61. The van der Waals surface area contributed by atoms with E-state index in [0.717, 1.165) is 28.2 Å². The van der Waals surface area contributed by atoms with Crippen LogP contribution in [0.25, 0.3) is 11.3 Å². The van der Waals surface area contributed by atoms with Crippen LogP contribution in [0.2, 0.25) is 0 Å². The van der Waals surface area contributed by atoms with E-state index in [1.54, 1.807) is 18.3 Å². The Balaban J connectivity index is 1.54. The maximum absolute atomic E-state index is 12.4. The minimum atomic E-state index is -0.145. The summed E-state index contributed by atoms with van der Waals surface area (Å²) in [5.74, 6) is 0.385. The van der Waals surface area contributed by atoms with Crippen LogP contribution in [-0.4, -0.2) is 15.9 Å². The van der Waals surface area contributed by atoms with E-state index >= 15 is 0 Å². The second-order valence-electron chi connectivity index (χ2n) is 6.61. The molecule has 1 amide bonds. The van der Waals surface area contributed by atoms with Gasteiger partial charge in [-0.15, -0.1) is 0 Å². The molecule has 2 N–H and O–H groups in total. The summed E-state index contributed by atoms with van der Waals surface area (Å²) in [5, 5.41) is 6.10. The Morgan fingerprint density at radius 2 is 1.41 bits per heavy atom. The zero-order valence-corrected chi connectivity index (χ0v) is 16.0. The van der Waals surface area contributed by atoms with Gasteiger partial charge >= 0.3 is 0 Å². The number of amides is 1. The number of hydrogen-bond donors (Lipinski definition) is 2. The van der Waals surface area contributed by atoms with Crippen molar-refractivity contribution < 1.29 is 4.79 Å². The molecular formula is C24H20N4O. The van der Waals surface area contributed by atoms with E-state index < -0.39 is 0 Å². The lowest BCUT2D eigenvalue weighted by atomic mass is 10.1. The molecule has 5 heteroatoms. The molecule has 142 valence electrons. The van der Waals surface area contributed by atoms with Crippen LogP contribution < -0.4 is 10.6 Å². The van der Waals surface area contributed by atoms with Gasteiger partial charge in [-0.1, -0.05) is 48.5 Å². The first kappa shape index (κ1) is 18.4. The van der Waals surface area contributed by atoms with E-state index in [1.165, 1.54) is 0 Å². The zero-order chi connectivity index (χ0) is 20.1. The molecule has 0 aliphatic heterocycles. The lowest BCUT2D eigenvalue weighted by Gasteiger charge is -2.10. The molecule has 3 aromatic carbocycles. The normalized spacial score (nSPS) is 10.4. The maximum Gasteiger partial charge on any atom is 0.255 e. The van der Waals surface area contributed by atoms with Gasteiger partial charge in [0, 0.05) is 28.7 Å². The fourth-order valence-corrected chi connectivity index (χ4v) is 2.95. The summed E-state index contributed by atoms with van der Waals surface area (Å²) in [6, 6.07) is 26.6. The number of nitrogens with one attached hydrogen (secondary N) is 2. The van der Waals surface area contributed by atoms with E-state index in [-0.39, 0.29) is 5.91 Å². The van der Waals surface area contributed by atoms with Gasteiger partial charge in [0.15, 0.2) is 0 Å². The predicted molar refractivity (Wildman–Crippen MR) is 116 cm³/mol. The Morgan fingerprint density at radius 1 is 0.793 bits per heavy atom. The lowest BCUT2D eigenvalue weighted by Crippen LogP contribution is -2.11. The Kier molecular flexibility index (Phi) is 5.29. The van der Waals surface area contributed by atoms with E-state index in [0.29, 0.717) is 11.5 Å². The molecule has 1 aromatic heterocycles. The van der Waals surface area contributed by atoms with E-state index in [4.69, 9.17) is 0 Å². The monoisotopic (exact) mass is 380 g/mol. The van der Waals surface area contributed by atoms with Crippen LogP contribution in [0.1, 0.15) is 15.9 Å². The van der Waals surface area contributed by atoms with Crippen LogP contribution in [-0.2, 0) is 0 Å². The fraction of sp³-hybridized carbons (Fsp3) is 0.0417. The molecule has 0 bridgehead atoms. The quantitative estimate of drug-likeness (QED) is 0.483. The van der Waals surface area contributed by atoms with Gasteiger partial charge in [0.05, 0.1) is 5.69 Å². The summed E-state index contributed by atoms with van der Waals surface area (Å²) in [7, 11) is 0. The summed E-state index contributed by atoms with van der Waals surface area (Å²) in [4.78, 5) is 21.5. The van der Waals surface area contributed by atoms with Gasteiger partial charge in [-0.05, 0) is 48.9 Å². The molecule has 0 saturated carbocycles. The predicted octanol–water partition coefficient (Wildman–Crippen LogP) is 5.45. The summed E-state index contributed by atoms with van der Waals surface area (Å²) in [6.45, 7) is 1.97. The van der Waals surface area contributed by atoms with Gasteiger partial charge in [-0.2, -0.15) is 0 Å². The SMILES string of the molecule is Cc1cnc(Nc2ccccc2)nc1-c1ccc(C(=O)Nc2ccccc2)cc1. The average Bonchev–Trinajstić information content (AvgIpc) is 2.77. The molecule has 0 fully saturated rings. The zero-order valence-electron chi connectivity index (χ0n) is 16.0. The number of nitrogens with zero attached hydrogens (tertiary/aromatic N) is 2. The summed E-state index contributed by atoms with van der Waals surface area (Å²) >= 11 is 0. The third kappa shape index (κ3) is 4.47. The van der Waals surface area contributed by atoms with Crippen molar-refractivity contribution in [3.63, 3.8) is 0 Å². The van der Waals surface area contributed by atoms with Crippen molar-refractivity contribution in [3.8, 4) is 11.3 Å². The van der Waals surface area contributed by atoms with Crippen molar-refractivity contribution in [1.29, 1.82) is 0 Å². The van der Waals surface area contributed by atoms with Crippen molar-refractivity contribution in [2.24, 2.45) is 0 Å². The average molecular weight is 380 g/mol. The molecule has 1 heterocycles. The summed E-state index contributed by atoms with van der Waals surface area (Å²) in [5.41, 5.74) is 5.00. The molecule has 0 radical (unpaired) electrons. The number of carbonyl (C=O) groups excluding carboxylic acids is 1. The van der Waals surface area contributed by atoms with Crippen molar-refractivity contribution in [1.82, 2.24) is 9.97 Å². The van der Waals surface area contributed by atoms with Gasteiger partial charge in [-0.25, -0.2) is 9.97 Å². The first-order valence-corrected chi connectivity index (χ1v) is 9.31. The van der Waals surface area contributed by atoms with Gasteiger partial charge in [0.1, 0.15) is 0 Å². The standard InChI is InChI=1S/C24H20N4O/c1-17-16-25-24(27-21-10-6-3-7-11-21)28-22(17)18-12-14-19(15-13-18)23(29)26-20-8-4-2-5-9-20/h2-16H,1H3,(H,26,29)(H,25,27,28). The lowest BCUT2D eigenvalue weighted by molar-refractivity contribution is 0.102. The van der Waals surface area contributed by atoms with Crippen molar-refractivity contribution >= 4 is 23.2 Å². The molecule has 0 saturated heterocycles. The van der Waals surface area contributed by atoms with Gasteiger partial charge in [0.2, 0.25) is 5.95 Å². The molecule has 4 rings (SSSR count). The first-order valence-electron chi connectivity index (χ1n) is 9.31. The highest BCUT2D eigenvalue weighted by molar-refractivity contribution is 6.04. The number of aryl methyl sites for hydroxylation is 1. The highest BCUT2D eigenvalue weighted by Crippen LogP contribution is 2.24. The number of aromatic nitrogens is 2. The van der Waals surface area contributed by atoms with E-state index in [1.807, 2.05) is 79.7 Å². The molecule has 0 aliphatic carbocycles. The smallest absolute Gasteiger partial charge is 0.255 e. The molecule has 0 unspecified atom stereocenters. The summed E-state index contributed by atoms with van der Waals surface area (Å²) < 4.78 is 0. The highest BCUT2D eigenvalue weighted by Gasteiger charge is 2.10. The maximum atomic E-state index is 12.4. The largest absolute Gasteiger partial charge is 0.324 e. The molecular weight excluding hydrogens is 360 g/mol. The minimum absolute atomic E-state index is 0.145. The first-order chi connectivity index (χ1) is 14.2. The number of benzene rings is 3. The van der Waals surface area contributed by atoms with Crippen molar-refractivity contribution in [2.45, 2.75) is 6.92 Å². The van der Waals surface area contributed by atoms with E-state index in [2.05, 4.69) is 20.6 Å². The molecule has 29 heavy (non-hydrogen) atoms. The third-order valence-electron chi connectivity index (χ3n) is 4.45. The third-order valence-corrected chi connectivity index (χ3v) is 4.45. The molecule has 5 nitrogen and oxygen atoms in total. The Morgan fingerprint density at radius 3 is 2.07 bits per heavy atom. The Hall–Kier alpha value is -3.99. The number of rotatable bonds is 5. The molecule has 0 spiro atoms. The number of para-hydroxylation sites is 2. The number of carbonyl (C=O) groups is 1. The van der Waals surface area contributed by atoms with Crippen molar-refractivity contribution in [3.05, 3.63) is 102 Å². The van der Waals surface area contributed by atoms with E-state index in [9.17, 15) is 4.79 Å². The van der Waals surface area contributed by atoms with Crippen LogP contribution in [0, 0.1) is 6.92 Å². The van der Waals surface area contributed by atoms with Gasteiger partial charge in [0.25, 0.3) is 5.91 Å². The van der Waals surface area contributed by atoms with Gasteiger partial charge in [-0.3, -0.25) is 4.79 Å². The van der Waals surface area contributed by atoms with Crippen LogP contribution >= 0.6 is 0 Å². The fourth-order valence-electron chi connectivity index (χ4n) is 2.95. The van der Waals surface area contributed by atoms with Crippen LogP contribution in [0.3, 0.4) is 0 Å². The van der Waals surface area contributed by atoms with Crippen LogP contribution in [0.15, 0.2) is 91.1 Å². The molecule has 4 aromatic rings. The highest BCUT2D eigenvalue weighted by atomic mass is 16.1. The summed E-state index contributed by atoms with van der Waals surface area (Å²) in [6.07, 6.45) is 1.80. The van der Waals surface area contributed by atoms with Crippen molar-refractivity contribution in [2.75, 3.05) is 10.6 Å². The number of hydrogen-bond acceptors (Lipinski definition) is 4. The minimum Gasteiger partial charge on any atom is -0.324 e.